The van der Waals surface area contributed by atoms with Crippen LogP contribution < -0.4 is 5.32 Å². The fraction of sp³-hybridized carbons (Fsp3) is 1.00. The molecule has 2 N–H and O–H groups in total. The lowest BCUT2D eigenvalue weighted by molar-refractivity contribution is 0.114. The predicted octanol–water partition coefficient (Wildman–Crippen LogP) is 1.12. The molecule has 3 heteroatoms. The van der Waals surface area contributed by atoms with Gasteiger partial charge in [0, 0.05) is 31.2 Å². The fourth-order valence-electron chi connectivity index (χ4n) is 3.27. The van der Waals surface area contributed by atoms with Crippen LogP contribution in [0, 0.1) is 0 Å². The highest BCUT2D eigenvalue weighted by Gasteiger charge is 2.35. The van der Waals surface area contributed by atoms with Gasteiger partial charge in [-0.05, 0) is 44.9 Å². The minimum absolute atomic E-state index is 0.0235. The molecule has 0 aromatic heterocycles. The van der Waals surface area contributed by atoms with E-state index in [4.69, 9.17) is 0 Å². The second-order valence-corrected chi connectivity index (χ2v) is 5.88. The number of aliphatic hydroxyl groups is 1. The van der Waals surface area contributed by atoms with Crippen LogP contribution in [0.25, 0.3) is 0 Å². The summed E-state index contributed by atoms with van der Waals surface area (Å²) in [5.74, 6) is 0. The number of rotatable bonds is 3. The topological polar surface area (TPSA) is 35.5 Å². The van der Waals surface area contributed by atoms with Crippen LogP contribution in [0.4, 0.5) is 0 Å². The Bertz CT molecular complexity index is 234. The Morgan fingerprint density at radius 3 is 2.31 bits per heavy atom. The second kappa shape index (κ2) is 4.63. The van der Waals surface area contributed by atoms with Gasteiger partial charge >= 0.3 is 0 Å². The van der Waals surface area contributed by atoms with Crippen molar-refractivity contribution in [3.63, 3.8) is 0 Å². The molecule has 1 saturated heterocycles. The van der Waals surface area contributed by atoms with Crippen molar-refractivity contribution in [1.82, 2.24) is 10.2 Å². The van der Waals surface area contributed by atoms with Crippen LogP contribution >= 0.6 is 0 Å². The first-order chi connectivity index (χ1) is 7.81. The van der Waals surface area contributed by atoms with Gasteiger partial charge in [0.05, 0.1) is 6.10 Å². The molecule has 3 nitrogen and oxygen atoms in total. The second-order valence-electron chi connectivity index (χ2n) is 5.88. The molecule has 92 valence electrons. The van der Waals surface area contributed by atoms with E-state index in [0.717, 1.165) is 24.9 Å². The Hall–Kier alpha value is -0.120. The summed E-state index contributed by atoms with van der Waals surface area (Å²) in [6.45, 7) is 2.57. The lowest BCUT2D eigenvalue weighted by Crippen LogP contribution is -2.42. The van der Waals surface area contributed by atoms with Crippen LogP contribution in [-0.4, -0.2) is 47.3 Å². The van der Waals surface area contributed by atoms with Crippen molar-refractivity contribution in [1.29, 1.82) is 0 Å². The maximum atomic E-state index is 9.47. The first-order valence-corrected chi connectivity index (χ1v) is 6.99. The smallest absolute Gasteiger partial charge is 0.0541 e. The van der Waals surface area contributed by atoms with Crippen LogP contribution in [0.1, 0.15) is 44.9 Å². The van der Waals surface area contributed by atoms with Gasteiger partial charge in [-0.1, -0.05) is 0 Å². The molecule has 3 fully saturated rings. The van der Waals surface area contributed by atoms with E-state index in [1.54, 1.807) is 0 Å². The van der Waals surface area contributed by atoms with Gasteiger partial charge in [-0.25, -0.2) is 0 Å². The Kier molecular flexibility index (Phi) is 3.18. The highest BCUT2D eigenvalue weighted by Crippen LogP contribution is 2.30. The van der Waals surface area contributed by atoms with Crippen LogP contribution in [0.5, 0.6) is 0 Å². The number of hydrogen-bond donors (Lipinski definition) is 2. The highest BCUT2D eigenvalue weighted by atomic mass is 16.3. The summed E-state index contributed by atoms with van der Waals surface area (Å²) in [6.07, 6.45) is 8.50. The van der Waals surface area contributed by atoms with E-state index in [9.17, 15) is 5.11 Å². The summed E-state index contributed by atoms with van der Waals surface area (Å²) in [4.78, 5) is 2.66. The molecule has 1 aliphatic heterocycles. The average Bonchev–Trinajstić information content (AvgIpc) is 3.04. The standard InChI is InChI=1S/C13H24N2O/c16-13-5-1-10(2-6-13)14-11-7-8-15(9-11)12-3-4-12/h10-14,16H,1-9H2. The summed E-state index contributed by atoms with van der Waals surface area (Å²) in [7, 11) is 0. The zero-order valence-corrected chi connectivity index (χ0v) is 10.1. The Labute approximate surface area is 98.2 Å². The third-order valence-electron chi connectivity index (χ3n) is 4.45. The molecule has 0 aromatic carbocycles. The molecule has 16 heavy (non-hydrogen) atoms. The van der Waals surface area contributed by atoms with Gasteiger partial charge < -0.3 is 10.4 Å². The van der Waals surface area contributed by atoms with Gasteiger partial charge in [0.25, 0.3) is 0 Å². The molecule has 1 unspecified atom stereocenters. The van der Waals surface area contributed by atoms with Gasteiger partial charge in [0.15, 0.2) is 0 Å². The lowest BCUT2D eigenvalue weighted by Gasteiger charge is -2.29. The minimum Gasteiger partial charge on any atom is -0.393 e. The summed E-state index contributed by atoms with van der Waals surface area (Å²) in [5.41, 5.74) is 0. The van der Waals surface area contributed by atoms with E-state index in [1.807, 2.05) is 0 Å². The number of aliphatic hydroxyl groups excluding tert-OH is 1. The third kappa shape index (κ3) is 2.58. The number of hydrogen-bond acceptors (Lipinski definition) is 3. The molecule has 0 spiro atoms. The predicted molar refractivity (Wildman–Crippen MR) is 64.4 cm³/mol. The molecule has 0 amide bonds. The quantitative estimate of drug-likeness (QED) is 0.754. The van der Waals surface area contributed by atoms with Crippen LogP contribution in [0.2, 0.25) is 0 Å². The highest BCUT2D eigenvalue weighted by molar-refractivity contribution is 4.93. The van der Waals surface area contributed by atoms with E-state index < -0.39 is 0 Å². The first-order valence-electron chi connectivity index (χ1n) is 6.99. The SMILES string of the molecule is OC1CCC(NC2CCN(C3CC3)C2)CC1. The summed E-state index contributed by atoms with van der Waals surface area (Å²) < 4.78 is 0. The molecule has 2 aliphatic carbocycles. The monoisotopic (exact) mass is 224 g/mol. The molecule has 2 saturated carbocycles. The number of nitrogens with zero attached hydrogens (tertiary/aromatic N) is 1. The van der Waals surface area contributed by atoms with Crippen molar-refractivity contribution in [2.24, 2.45) is 0 Å². The summed E-state index contributed by atoms with van der Waals surface area (Å²) >= 11 is 0. The number of nitrogens with one attached hydrogen (secondary N) is 1. The zero-order valence-electron chi connectivity index (χ0n) is 10.1. The number of likely N-dealkylation sites (tertiary alicyclic amines) is 1. The zero-order chi connectivity index (χ0) is 11.0. The summed E-state index contributed by atoms with van der Waals surface area (Å²) in [5, 5.41) is 13.3. The molecule has 1 heterocycles. The molecular weight excluding hydrogens is 200 g/mol. The van der Waals surface area contributed by atoms with Gasteiger partial charge in [-0.2, -0.15) is 0 Å². The van der Waals surface area contributed by atoms with Gasteiger partial charge in [-0.3, -0.25) is 4.90 Å². The van der Waals surface area contributed by atoms with Crippen molar-refractivity contribution >= 4 is 0 Å². The van der Waals surface area contributed by atoms with E-state index in [-0.39, 0.29) is 6.10 Å². The van der Waals surface area contributed by atoms with E-state index >= 15 is 0 Å². The Morgan fingerprint density at radius 2 is 1.62 bits per heavy atom. The van der Waals surface area contributed by atoms with Crippen molar-refractivity contribution in [3.8, 4) is 0 Å². The Morgan fingerprint density at radius 1 is 0.875 bits per heavy atom. The molecule has 3 aliphatic rings. The largest absolute Gasteiger partial charge is 0.393 e. The lowest BCUT2D eigenvalue weighted by atomic mass is 9.92. The fourth-order valence-corrected chi connectivity index (χ4v) is 3.27. The Balaban J connectivity index is 1.41. The van der Waals surface area contributed by atoms with Crippen molar-refractivity contribution in [2.75, 3.05) is 13.1 Å². The molecule has 0 aromatic rings. The molecule has 3 rings (SSSR count). The van der Waals surface area contributed by atoms with Crippen molar-refractivity contribution in [2.45, 2.75) is 69.2 Å². The molecule has 1 atom stereocenters. The third-order valence-corrected chi connectivity index (χ3v) is 4.45. The first kappa shape index (κ1) is 11.0. The average molecular weight is 224 g/mol. The van der Waals surface area contributed by atoms with E-state index in [0.29, 0.717) is 6.04 Å². The van der Waals surface area contributed by atoms with Crippen LogP contribution in [0.3, 0.4) is 0 Å². The molecular formula is C13H24N2O. The van der Waals surface area contributed by atoms with E-state index in [2.05, 4.69) is 10.2 Å². The van der Waals surface area contributed by atoms with E-state index in [1.165, 1.54) is 45.2 Å². The maximum absolute atomic E-state index is 9.47. The van der Waals surface area contributed by atoms with Gasteiger partial charge in [0.2, 0.25) is 0 Å². The van der Waals surface area contributed by atoms with Crippen LogP contribution in [-0.2, 0) is 0 Å². The molecule has 0 bridgehead atoms. The van der Waals surface area contributed by atoms with Crippen molar-refractivity contribution in [3.05, 3.63) is 0 Å². The van der Waals surface area contributed by atoms with Crippen LogP contribution in [0.15, 0.2) is 0 Å². The normalized spacial score (nSPS) is 41.4. The van der Waals surface area contributed by atoms with Crippen molar-refractivity contribution < 1.29 is 5.11 Å². The summed E-state index contributed by atoms with van der Waals surface area (Å²) in [6, 6.07) is 2.33. The van der Waals surface area contributed by atoms with Gasteiger partial charge in [0.1, 0.15) is 0 Å². The maximum Gasteiger partial charge on any atom is 0.0541 e. The molecule has 0 radical (unpaired) electrons. The minimum atomic E-state index is -0.0235. The van der Waals surface area contributed by atoms with Gasteiger partial charge in [-0.15, -0.1) is 0 Å².